The number of nitrogens with one attached hydrogen (secondary N) is 2. The highest BCUT2D eigenvalue weighted by molar-refractivity contribution is 7.10. The molecule has 2 N–H and O–H groups in total. The normalized spacial score (nSPS) is 17.5. The van der Waals surface area contributed by atoms with Gasteiger partial charge in [0.2, 0.25) is 5.91 Å². The highest BCUT2D eigenvalue weighted by Gasteiger charge is 2.20. The van der Waals surface area contributed by atoms with E-state index in [9.17, 15) is 4.79 Å². The van der Waals surface area contributed by atoms with Crippen molar-refractivity contribution in [3.63, 3.8) is 0 Å². The van der Waals surface area contributed by atoms with E-state index < -0.39 is 0 Å². The SMILES string of the molecule is CCCc1ccc(C(NC(=O)CCC2CCNC2)c2cccs2)cc1.Cl. The van der Waals surface area contributed by atoms with Crippen LogP contribution in [-0.2, 0) is 11.2 Å². The van der Waals surface area contributed by atoms with Gasteiger partial charge in [0, 0.05) is 11.3 Å². The van der Waals surface area contributed by atoms with Gasteiger partial charge in [0.25, 0.3) is 0 Å². The maximum atomic E-state index is 12.5. The lowest BCUT2D eigenvalue weighted by molar-refractivity contribution is -0.121. The summed E-state index contributed by atoms with van der Waals surface area (Å²) in [6, 6.07) is 12.8. The van der Waals surface area contributed by atoms with Gasteiger partial charge in [0.15, 0.2) is 0 Å². The Morgan fingerprint density at radius 1 is 1.31 bits per heavy atom. The summed E-state index contributed by atoms with van der Waals surface area (Å²) in [4.78, 5) is 13.7. The number of hydrogen-bond donors (Lipinski definition) is 2. The maximum Gasteiger partial charge on any atom is 0.220 e. The zero-order valence-corrected chi connectivity index (χ0v) is 17.0. The van der Waals surface area contributed by atoms with Crippen molar-refractivity contribution < 1.29 is 4.79 Å². The standard InChI is InChI=1S/C21H28N2OS.ClH/c1-2-4-16-6-9-18(10-7-16)21(19-5-3-14-25-19)23-20(24)11-8-17-12-13-22-15-17;/h3,5-7,9-10,14,17,21-22H,2,4,8,11-13,15H2,1H3,(H,23,24);1H. The molecule has 2 unspecified atom stereocenters. The molecule has 1 aliphatic heterocycles. The van der Waals surface area contributed by atoms with Gasteiger partial charge in [-0.15, -0.1) is 23.7 Å². The second-order valence-corrected chi connectivity index (χ2v) is 7.88. The molecular formula is C21H29ClN2OS. The molecule has 1 saturated heterocycles. The van der Waals surface area contributed by atoms with Crippen molar-refractivity contribution >= 4 is 29.7 Å². The molecule has 1 aromatic carbocycles. The minimum absolute atomic E-state index is 0. The molecule has 5 heteroatoms. The zero-order valence-electron chi connectivity index (χ0n) is 15.4. The highest BCUT2D eigenvalue weighted by Crippen LogP contribution is 2.27. The van der Waals surface area contributed by atoms with Crippen molar-refractivity contribution in [2.75, 3.05) is 13.1 Å². The van der Waals surface area contributed by atoms with Gasteiger partial charge < -0.3 is 10.6 Å². The fourth-order valence-corrected chi connectivity index (χ4v) is 4.27. The Morgan fingerprint density at radius 3 is 2.73 bits per heavy atom. The van der Waals surface area contributed by atoms with Crippen LogP contribution in [0.25, 0.3) is 0 Å². The molecule has 0 aliphatic carbocycles. The number of amides is 1. The van der Waals surface area contributed by atoms with Crippen LogP contribution in [-0.4, -0.2) is 19.0 Å². The first-order valence-electron chi connectivity index (χ1n) is 9.38. The Morgan fingerprint density at radius 2 is 2.12 bits per heavy atom. The Bertz CT molecular complexity index is 651. The number of carbonyl (C=O) groups is 1. The van der Waals surface area contributed by atoms with E-state index in [2.05, 4.69) is 59.3 Å². The molecule has 1 amide bonds. The fourth-order valence-electron chi connectivity index (χ4n) is 3.47. The summed E-state index contributed by atoms with van der Waals surface area (Å²) in [7, 11) is 0. The van der Waals surface area contributed by atoms with E-state index in [1.165, 1.54) is 16.9 Å². The van der Waals surface area contributed by atoms with E-state index in [4.69, 9.17) is 0 Å². The molecule has 3 nitrogen and oxygen atoms in total. The Balaban J connectivity index is 0.00000243. The van der Waals surface area contributed by atoms with Crippen molar-refractivity contribution in [1.29, 1.82) is 0 Å². The number of halogens is 1. The molecule has 0 radical (unpaired) electrons. The molecule has 2 aromatic rings. The fraction of sp³-hybridized carbons (Fsp3) is 0.476. The minimum Gasteiger partial charge on any atom is -0.344 e. The predicted molar refractivity (Wildman–Crippen MR) is 112 cm³/mol. The first kappa shape index (κ1) is 20.9. The van der Waals surface area contributed by atoms with Crippen molar-refractivity contribution in [2.45, 2.75) is 45.1 Å². The van der Waals surface area contributed by atoms with E-state index in [0.717, 1.165) is 37.9 Å². The van der Waals surface area contributed by atoms with Gasteiger partial charge in [-0.3, -0.25) is 4.79 Å². The molecular weight excluding hydrogens is 364 g/mol. The number of carbonyl (C=O) groups excluding carboxylic acids is 1. The quantitative estimate of drug-likeness (QED) is 0.682. The van der Waals surface area contributed by atoms with Crippen LogP contribution in [0.15, 0.2) is 41.8 Å². The summed E-state index contributed by atoms with van der Waals surface area (Å²) in [5.41, 5.74) is 2.52. The molecule has 2 heterocycles. The largest absolute Gasteiger partial charge is 0.344 e. The summed E-state index contributed by atoms with van der Waals surface area (Å²) in [6.45, 7) is 4.34. The zero-order chi connectivity index (χ0) is 17.5. The summed E-state index contributed by atoms with van der Waals surface area (Å²) in [5, 5.41) is 8.71. The lowest BCUT2D eigenvalue weighted by Gasteiger charge is -2.19. The molecule has 1 aliphatic rings. The lowest BCUT2D eigenvalue weighted by Crippen LogP contribution is -2.29. The molecule has 0 bridgehead atoms. The van der Waals surface area contributed by atoms with Gasteiger partial charge in [-0.2, -0.15) is 0 Å². The minimum atomic E-state index is -0.0371. The predicted octanol–water partition coefficient (Wildman–Crippen LogP) is 4.72. The number of rotatable bonds is 8. The second-order valence-electron chi connectivity index (χ2n) is 6.91. The average Bonchev–Trinajstić information content (AvgIpc) is 3.33. The van der Waals surface area contributed by atoms with Crippen LogP contribution < -0.4 is 10.6 Å². The number of thiophene rings is 1. The number of hydrogen-bond acceptors (Lipinski definition) is 3. The van der Waals surface area contributed by atoms with Crippen LogP contribution in [0, 0.1) is 5.92 Å². The van der Waals surface area contributed by atoms with Crippen LogP contribution in [0.4, 0.5) is 0 Å². The van der Waals surface area contributed by atoms with Gasteiger partial charge >= 0.3 is 0 Å². The summed E-state index contributed by atoms with van der Waals surface area (Å²) >= 11 is 1.70. The van der Waals surface area contributed by atoms with E-state index in [1.54, 1.807) is 11.3 Å². The van der Waals surface area contributed by atoms with Crippen molar-refractivity contribution in [3.8, 4) is 0 Å². The summed E-state index contributed by atoms with van der Waals surface area (Å²) < 4.78 is 0. The first-order chi connectivity index (χ1) is 12.3. The molecule has 0 spiro atoms. The maximum absolute atomic E-state index is 12.5. The topological polar surface area (TPSA) is 41.1 Å². The van der Waals surface area contributed by atoms with Gasteiger partial charge in [-0.1, -0.05) is 43.7 Å². The van der Waals surface area contributed by atoms with Crippen LogP contribution in [0.1, 0.15) is 54.7 Å². The monoisotopic (exact) mass is 392 g/mol. The van der Waals surface area contributed by atoms with Crippen LogP contribution in [0.2, 0.25) is 0 Å². The van der Waals surface area contributed by atoms with Gasteiger partial charge in [-0.05, 0) is 60.8 Å². The number of aryl methyl sites for hydroxylation is 1. The van der Waals surface area contributed by atoms with Crippen molar-refractivity contribution in [3.05, 3.63) is 57.8 Å². The average molecular weight is 393 g/mol. The van der Waals surface area contributed by atoms with Gasteiger partial charge in [0.1, 0.15) is 0 Å². The van der Waals surface area contributed by atoms with Crippen LogP contribution in [0.5, 0.6) is 0 Å². The molecule has 26 heavy (non-hydrogen) atoms. The second kappa shape index (κ2) is 10.7. The van der Waals surface area contributed by atoms with E-state index in [-0.39, 0.29) is 24.4 Å². The molecule has 1 aromatic heterocycles. The van der Waals surface area contributed by atoms with Crippen molar-refractivity contribution in [2.24, 2.45) is 5.92 Å². The van der Waals surface area contributed by atoms with Crippen molar-refractivity contribution in [1.82, 2.24) is 10.6 Å². The third-order valence-corrected chi connectivity index (χ3v) is 5.86. The third kappa shape index (κ3) is 5.83. The molecule has 2 atom stereocenters. The van der Waals surface area contributed by atoms with E-state index in [0.29, 0.717) is 12.3 Å². The summed E-state index contributed by atoms with van der Waals surface area (Å²) in [6.07, 6.45) is 5.04. The van der Waals surface area contributed by atoms with E-state index >= 15 is 0 Å². The molecule has 0 saturated carbocycles. The van der Waals surface area contributed by atoms with E-state index in [1.807, 2.05) is 0 Å². The van der Waals surface area contributed by atoms with Crippen LogP contribution >= 0.6 is 23.7 Å². The molecule has 3 rings (SSSR count). The number of benzene rings is 1. The third-order valence-electron chi connectivity index (χ3n) is 4.93. The van der Waals surface area contributed by atoms with Crippen LogP contribution in [0.3, 0.4) is 0 Å². The Kier molecular flexibility index (Phi) is 8.63. The first-order valence-corrected chi connectivity index (χ1v) is 10.3. The van der Waals surface area contributed by atoms with Gasteiger partial charge in [0.05, 0.1) is 6.04 Å². The molecule has 1 fully saturated rings. The highest BCUT2D eigenvalue weighted by atomic mass is 35.5. The lowest BCUT2D eigenvalue weighted by atomic mass is 10.00. The molecule has 142 valence electrons. The Labute approximate surface area is 167 Å². The smallest absolute Gasteiger partial charge is 0.220 e. The summed E-state index contributed by atoms with van der Waals surface area (Å²) in [5.74, 6) is 0.808. The Hall–Kier alpha value is -1.36. The van der Waals surface area contributed by atoms with Gasteiger partial charge in [-0.25, -0.2) is 0 Å².